The maximum absolute atomic E-state index is 12.5. The van der Waals surface area contributed by atoms with E-state index in [0.29, 0.717) is 10.7 Å². The largest absolute Gasteiger partial charge is 0.384 e. The van der Waals surface area contributed by atoms with Gasteiger partial charge in [-0.15, -0.1) is 0 Å². The number of aromatic amines is 1. The second kappa shape index (κ2) is 4.92. The quantitative estimate of drug-likeness (QED) is 0.887. The molecule has 0 saturated carbocycles. The number of anilines is 1. The molecule has 1 aromatic heterocycles. The fourth-order valence-corrected chi connectivity index (χ4v) is 3.49. The maximum Gasteiger partial charge on any atom is 0.243 e. The molecule has 2 aromatic rings. The molecule has 20 heavy (non-hydrogen) atoms. The average molecular weight is 292 g/mol. The number of hydrogen-bond acceptors (Lipinski definition) is 4. The normalized spacial score (nSPS) is 14.3. The summed E-state index contributed by atoms with van der Waals surface area (Å²) >= 11 is 0. The highest BCUT2D eigenvalue weighted by atomic mass is 32.2. The molecule has 0 spiro atoms. The zero-order valence-electron chi connectivity index (χ0n) is 11.1. The van der Waals surface area contributed by atoms with Gasteiger partial charge in [0.15, 0.2) is 0 Å². The number of benzene rings is 1. The number of nitrogens with one attached hydrogen (secondary N) is 2. The molecule has 0 fully saturated rings. The summed E-state index contributed by atoms with van der Waals surface area (Å²) in [5, 5.41) is 3.22. The number of H-pyrrole nitrogens is 1. The summed E-state index contributed by atoms with van der Waals surface area (Å²) in [6.07, 6.45) is 4.15. The van der Waals surface area contributed by atoms with E-state index in [0.717, 1.165) is 24.2 Å². The van der Waals surface area contributed by atoms with Crippen LogP contribution in [0.5, 0.6) is 0 Å². The van der Waals surface area contributed by atoms with E-state index in [1.165, 1.54) is 4.31 Å². The van der Waals surface area contributed by atoms with Crippen LogP contribution in [0.15, 0.2) is 35.5 Å². The zero-order valence-corrected chi connectivity index (χ0v) is 11.9. The highest BCUT2D eigenvalue weighted by Gasteiger charge is 2.23. The molecule has 6 nitrogen and oxygen atoms in total. The molecule has 106 valence electrons. The minimum Gasteiger partial charge on any atom is -0.384 e. The molecule has 0 saturated heterocycles. The Kier molecular flexibility index (Phi) is 3.23. The summed E-state index contributed by atoms with van der Waals surface area (Å²) in [7, 11) is -1.93. The van der Waals surface area contributed by atoms with E-state index in [2.05, 4.69) is 15.3 Å². The molecule has 7 heteroatoms. The molecule has 1 aliphatic heterocycles. The minimum atomic E-state index is -3.49. The summed E-state index contributed by atoms with van der Waals surface area (Å²) in [4.78, 5) is 7.28. The lowest BCUT2D eigenvalue weighted by Gasteiger charge is -2.16. The lowest BCUT2D eigenvalue weighted by atomic mass is 10.2. The molecule has 0 amide bonds. The van der Waals surface area contributed by atoms with E-state index < -0.39 is 10.0 Å². The van der Waals surface area contributed by atoms with Gasteiger partial charge in [0, 0.05) is 31.7 Å². The summed E-state index contributed by atoms with van der Waals surface area (Å²) in [5.74, 6) is 0.624. The summed E-state index contributed by atoms with van der Waals surface area (Å²) < 4.78 is 26.3. The molecule has 0 unspecified atom stereocenters. The summed E-state index contributed by atoms with van der Waals surface area (Å²) in [5.41, 5.74) is 2.08. The predicted octanol–water partition coefficient (Wildman–Crippen LogP) is 1.20. The fourth-order valence-electron chi connectivity index (χ4n) is 2.30. The van der Waals surface area contributed by atoms with Crippen LogP contribution in [-0.4, -0.2) is 36.3 Å². The van der Waals surface area contributed by atoms with Crippen LogP contribution >= 0.6 is 0 Å². The van der Waals surface area contributed by atoms with E-state index in [1.54, 1.807) is 31.6 Å². The average Bonchev–Trinajstić information content (AvgIpc) is 3.07. The van der Waals surface area contributed by atoms with Crippen molar-refractivity contribution < 1.29 is 8.42 Å². The lowest BCUT2D eigenvalue weighted by Crippen LogP contribution is -2.27. The molecule has 2 heterocycles. The Hall–Kier alpha value is -1.86. The monoisotopic (exact) mass is 292 g/mol. The van der Waals surface area contributed by atoms with Gasteiger partial charge >= 0.3 is 0 Å². The molecule has 0 bridgehead atoms. The summed E-state index contributed by atoms with van der Waals surface area (Å²) in [6, 6.07) is 5.23. The van der Waals surface area contributed by atoms with Crippen molar-refractivity contribution in [2.75, 3.05) is 18.9 Å². The Labute approximate surface area is 117 Å². The van der Waals surface area contributed by atoms with Crippen LogP contribution < -0.4 is 5.32 Å². The zero-order chi connectivity index (χ0) is 14.2. The first-order valence-electron chi connectivity index (χ1n) is 6.39. The van der Waals surface area contributed by atoms with Gasteiger partial charge in [0.05, 0.1) is 11.4 Å². The fraction of sp³-hybridized carbons (Fsp3) is 0.308. The first kappa shape index (κ1) is 13.1. The standard InChI is InChI=1S/C13H16N4O2S/c1-17(9-13-15-6-7-16-13)20(18,19)11-2-3-12-10(8-11)4-5-14-12/h2-3,6-8,14H,4-5,9H2,1H3,(H,15,16). The minimum absolute atomic E-state index is 0.227. The Balaban J connectivity index is 1.87. The second-order valence-electron chi connectivity index (χ2n) is 4.79. The van der Waals surface area contributed by atoms with Crippen LogP contribution in [0.3, 0.4) is 0 Å². The molecule has 3 rings (SSSR count). The Morgan fingerprint density at radius 3 is 3.00 bits per heavy atom. The second-order valence-corrected chi connectivity index (χ2v) is 6.84. The molecule has 1 aliphatic rings. The SMILES string of the molecule is CN(Cc1ncc[nH]1)S(=O)(=O)c1ccc2c(c1)CCN2. The lowest BCUT2D eigenvalue weighted by molar-refractivity contribution is 0.458. The van der Waals surface area contributed by atoms with Gasteiger partial charge in [-0.3, -0.25) is 0 Å². The van der Waals surface area contributed by atoms with Crippen molar-refractivity contribution in [1.82, 2.24) is 14.3 Å². The maximum atomic E-state index is 12.5. The Morgan fingerprint density at radius 1 is 1.40 bits per heavy atom. The number of rotatable bonds is 4. The van der Waals surface area contributed by atoms with Crippen LogP contribution in [0.25, 0.3) is 0 Å². The Bertz CT molecular complexity index is 710. The third-order valence-electron chi connectivity index (χ3n) is 3.42. The molecule has 2 N–H and O–H groups in total. The summed E-state index contributed by atoms with van der Waals surface area (Å²) in [6.45, 7) is 1.09. The molecular weight excluding hydrogens is 276 g/mol. The van der Waals surface area contributed by atoms with E-state index in [-0.39, 0.29) is 6.54 Å². The van der Waals surface area contributed by atoms with Gasteiger partial charge in [-0.25, -0.2) is 13.4 Å². The van der Waals surface area contributed by atoms with Crippen LogP contribution in [-0.2, 0) is 23.0 Å². The third kappa shape index (κ3) is 2.30. The van der Waals surface area contributed by atoms with Crippen LogP contribution in [0.4, 0.5) is 5.69 Å². The van der Waals surface area contributed by atoms with Crippen molar-refractivity contribution in [1.29, 1.82) is 0 Å². The van der Waals surface area contributed by atoms with Gasteiger partial charge < -0.3 is 10.3 Å². The Morgan fingerprint density at radius 2 is 2.25 bits per heavy atom. The van der Waals surface area contributed by atoms with E-state index in [9.17, 15) is 8.42 Å². The number of hydrogen-bond donors (Lipinski definition) is 2. The highest BCUT2D eigenvalue weighted by molar-refractivity contribution is 7.89. The van der Waals surface area contributed by atoms with Crippen LogP contribution in [0.1, 0.15) is 11.4 Å². The van der Waals surface area contributed by atoms with Gasteiger partial charge in [-0.2, -0.15) is 4.31 Å². The first-order valence-corrected chi connectivity index (χ1v) is 7.83. The van der Waals surface area contributed by atoms with E-state index in [4.69, 9.17) is 0 Å². The van der Waals surface area contributed by atoms with Crippen molar-refractivity contribution in [3.8, 4) is 0 Å². The van der Waals surface area contributed by atoms with Gasteiger partial charge in [0.25, 0.3) is 0 Å². The van der Waals surface area contributed by atoms with Crippen molar-refractivity contribution in [3.63, 3.8) is 0 Å². The molecule has 0 atom stereocenters. The molecule has 0 radical (unpaired) electrons. The van der Waals surface area contributed by atoms with Crippen molar-refractivity contribution in [2.45, 2.75) is 17.9 Å². The number of imidazole rings is 1. The predicted molar refractivity (Wildman–Crippen MR) is 75.9 cm³/mol. The van der Waals surface area contributed by atoms with Gasteiger partial charge in [0.1, 0.15) is 5.82 Å². The van der Waals surface area contributed by atoms with Crippen LogP contribution in [0.2, 0.25) is 0 Å². The van der Waals surface area contributed by atoms with E-state index in [1.807, 2.05) is 6.07 Å². The number of fused-ring (bicyclic) bond motifs is 1. The van der Waals surface area contributed by atoms with Crippen molar-refractivity contribution in [2.24, 2.45) is 0 Å². The number of sulfonamides is 1. The smallest absolute Gasteiger partial charge is 0.243 e. The first-order chi connectivity index (χ1) is 9.57. The molecular formula is C13H16N4O2S. The molecule has 0 aliphatic carbocycles. The number of aromatic nitrogens is 2. The van der Waals surface area contributed by atoms with Crippen molar-refractivity contribution >= 4 is 15.7 Å². The molecule has 1 aromatic carbocycles. The van der Waals surface area contributed by atoms with Crippen LogP contribution in [0, 0.1) is 0 Å². The topological polar surface area (TPSA) is 78.1 Å². The van der Waals surface area contributed by atoms with Crippen molar-refractivity contribution in [3.05, 3.63) is 42.0 Å². The van der Waals surface area contributed by atoms with Gasteiger partial charge in [-0.05, 0) is 30.2 Å². The highest BCUT2D eigenvalue weighted by Crippen LogP contribution is 2.26. The van der Waals surface area contributed by atoms with E-state index >= 15 is 0 Å². The third-order valence-corrected chi connectivity index (χ3v) is 5.22. The number of nitrogens with zero attached hydrogens (tertiary/aromatic N) is 2. The van der Waals surface area contributed by atoms with Gasteiger partial charge in [0.2, 0.25) is 10.0 Å². The van der Waals surface area contributed by atoms with Gasteiger partial charge in [-0.1, -0.05) is 0 Å².